The van der Waals surface area contributed by atoms with E-state index in [2.05, 4.69) is 10.1 Å². The van der Waals surface area contributed by atoms with E-state index >= 15 is 0 Å². The Morgan fingerprint density at radius 2 is 2.14 bits per heavy atom. The molecule has 1 saturated carbocycles. The number of methoxy groups -OCH3 is 1. The highest BCUT2D eigenvalue weighted by Gasteiger charge is 2.32. The maximum absolute atomic E-state index is 11.5. The SMILES string of the molecule is CCC(=O)C1CCCC1NC(=O)OC. The molecule has 1 fully saturated rings. The third-order valence-corrected chi connectivity index (χ3v) is 2.77. The number of nitrogens with one attached hydrogen (secondary N) is 1. The van der Waals surface area contributed by atoms with E-state index in [4.69, 9.17) is 0 Å². The van der Waals surface area contributed by atoms with Gasteiger partial charge in [0.2, 0.25) is 0 Å². The predicted molar refractivity (Wildman–Crippen MR) is 52.0 cm³/mol. The lowest BCUT2D eigenvalue weighted by molar-refractivity contribution is -0.122. The Balaban J connectivity index is 2.51. The van der Waals surface area contributed by atoms with Crippen molar-refractivity contribution in [1.82, 2.24) is 5.32 Å². The lowest BCUT2D eigenvalue weighted by atomic mass is 9.97. The summed E-state index contributed by atoms with van der Waals surface area (Å²) >= 11 is 0. The van der Waals surface area contributed by atoms with Crippen LogP contribution in [0.15, 0.2) is 0 Å². The van der Waals surface area contributed by atoms with Crippen LogP contribution in [0, 0.1) is 5.92 Å². The summed E-state index contributed by atoms with van der Waals surface area (Å²) in [5.74, 6) is 0.239. The van der Waals surface area contributed by atoms with Gasteiger partial charge in [0, 0.05) is 18.4 Å². The van der Waals surface area contributed by atoms with Crippen LogP contribution in [0.1, 0.15) is 32.6 Å². The second kappa shape index (κ2) is 4.98. The molecule has 0 aliphatic heterocycles. The molecule has 4 heteroatoms. The largest absolute Gasteiger partial charge is 0.453 e. The number of hydrogen-bond donors (Lipinski definition) is 1. The number of alkyl carbamates (subject to hydrolysis) is 1. The topological polar surface area (TPSA) is 55.4 Å². The summed E-state index contributed by atoms with van der Waals surface area (Å²) in [5.41, 5.74) is 0. The molecule has 1 aliphatic rings. The molecule has 4 nitrogen and oxygen atoms in total. The monoisotopic (exact) mass is 199 g/mol. The van der Waals surface area contributed by atoms with Crippen molar-refractivity contribution in [3.63, 3.8) is 0 Å². The Hall–Kier alpha value is -1.06. The van der Waals surface area contributed by atoms with E-state index in [0.29, 0.717) is 6.42 Å². The molecule has 1 aliphatic carbocycles. The fraction of sp³-hybridized carbons (Fsp3) is 0.800. The molecular formula is C10H17NO3. The first-order valence-electron chi connectivity index (χ1n) is 5.06. The van der Waals surface area contributed by atoms with Crippen molar-refractivity contribution in [2.45, 2.75) is 38.6 Å². The lowest BCUT2D eigenvalue weighted by Gasteiger charge is -2.18. The number of carbonyl (C=O) groups excluding carboxylic acids is 2. The van der Waals surface area contributed by atoms with E-state index in [9.17, 15) is 9.59 Å². The van der Waals surface area contributed by atoms with E-state index < -0.39 is 6.09 Å². The Bertz CT molecular complexity index is 227. The highest BCUT2D eigenvalue weighted by atomic mass is 16.5. The van der Waals surface area contributed by atoms with Crippen molar-refractivity contribution in [1.29, 1.82) is 0 Å². The number of hydrogen-bond acceptors (Lipinski definition) is 3. The lowest BCUT2D eigenvalue weighted by Crippen LogP contribution is -2.39. The van der Waals surface area contributed by atoms with E-state index in [0.717, 1.165) is 19.3 Å². The first-order chi connectivity index (χ1) is 6.69. The smallest absolute Gasteiger partial charge is 0.407 e. The summed E-state index contributed by atoms with van der Waals surface area (Å²) in [6.07, 6.45) is 2.88. The number of rotatable bonds is 3. The van der Waals surface area contributed by atoms with E-state index in [-0.39, 0.29) is 17.7 Å². The molecular weight excluding hydrogens is 182 g/mol. The van der Waals surface area contributed by atoms with Gasteiger partial charge in [-0.15, -0.1) is 0 Å². The molecule has 0 spiro atoms. The van der Waals surface area contributed by atoms with Crippen molar-refractivity contribution in [3.8, 4) is 0 Å². The second-order valence-electron chi connectivity index (χ2n) is 3.60. The van der Waals surface area contributed by atoms with Crippen molar-refractivity contribution < 1.29 is 14.3 Å². The molecule has 2 atom stereocenters. The Kier molecular flexibility index (Phi) is 3.92. The van der Waals surface area contributed by atoms with Crippen LogP contribution in [0.4, 0.5) is 4.79 Å². The molecule has 0 saturated heterocycles. The maximum atomic E-state index is 11.5. The number of Topliss-reactive ketones (excluding diaryl/α,β-unsaturated/α-hetero) is 1. The number of amides is 1. The van der Waals surface area contributed by atoms with Crippen LogP contribution in [0.25, 0.3) is 0 Å². The molecule has 0 aromatic heterocycles. The molecule has 14 heavy (non-hydrogen) atoms. The normalized spacial score (nSPS) is 25.9. The van der Waals surface area contributed by atoms with Gasteiger partial charge in [-0.3, -0.25) is 4.79 Å². The van der Waals surface area contributed by atoms with Gasteiger partial charge in [-0.1, -0.05) is 13.3 Å². The van der Waals surface area contributed by atoms with Crippen LogP contribution in [0.2, 0.25) is 0 Å². The molecule has 0 radical (unpaired) electrons. The van der Waals surface area contributed by atoms with Crippen LogP contribution >= 0.6 is 0 Å². The highest BCUT2D eigenvalue weighted by molar-refractivity contribution is 5.82. The molecule has 0 aromatic carbocycles. The standard InChI is InChI=1S/C10H17NO3/c1-3-9(12)7-5-4-6-8(7)11-10(13)14-2/h7-8H,3-6H2,1-2H3,(H,11,13). The minimum absolute atomic E-state index is 0.000833. The molecule has 0 bridgehead atoms. The highest BCUT2D eigenvalue weighted by Crippen LogP contribution is 2.27. The maximum Gasteiger partial charge on any atom is 0.407 e. The van der Waals surface area contributed by atoms with Crippen LogP contribution in [0.3, 0.4) is 0 Å². The molecule has 80 valence electrons. The van der Waals surface area contributed by atoms with Crippen molar-refractivity contribution in [3.05, 3.63) is 0 Å². The zero-order valence-electron chi connectivity index (χ0n) is 8.71. The van der Waals surface area contributed by atoms with Crippen molar-refractivity contribution in [2.75, 3.05) is 7.11 Å². The number of carbonyl (C=O) groups is 2. The molecule has 1 N–H and O–H groups in total. The summed E-state index contributed by atoms with van der Waals surface area (Å²) in [6, 6.07) is -0.0186. The van der Waals surface area contributed by atoms with E-state index in [1.807, 2.05) is 6.92 Å². The Morgan fingerprint density at radius 1 is 1.43 bits per heavy atom. The van der Waals surface area contributed by atoms with Crippen LogP contribution in [0.5, 0.6) is 0 Å². The first-order valence-corrected chi connectivity index (χ1v) is 5.06. The number of ether oxygens (including phenoxy) is 1. The van der Waals surface area contributed by atoms with Crippen molar-refractivity contribution >= 4 is 11.9 Å². The zero-order chi connectivity index (χ0) is 10.6. The van der Waals surface area contributed by atoms with Gasteiger partial charge in [0.25, 0.3) is 0 Å². The average Bonchev–Trinajstić information content (AvgIpc) is 2.64. The third-order valence-electron chi connectivity index (χ3n) is 2.77. The van der Waals surface area contributed by atoms with Crippen LogP contribution in [-0.4, -0.2) is 25.0 Å². The van der Waals surface area contributed by atoms with Crippen molar-refractivity contribution in [2.24, 2.45) is 5.92 Å². The molecule has 2 unspecified atom stereocenters. The Morgan fingerprint density at radius 3 is 2.71 bits per heavy atom. The van der Waals surface area contributed by atoms with Gasteiger partial charge in [-0.2, -0.15) is 0 Å². The minimum atomic E-state index is -0.439. The fourth-order valence-electron chi connectivity index (χ4n) is 1.99. The minimum Gasteiger partial charge on any atom is -0.453 e. The van der Waals surface area contributed by atoms with Gasteiger partial charge in [-0.25, -0.2) is 4.79 Å². The number of ketones is 1. The quantitative estimate of drug-likeness (QED) is 0.749. The summed E-state index contributed by atoms with van der Waals surface area (Å²) < 4.78 is 4.51. The van der Waals surface area contributed by atoms with Gasteiger partial charge in [0.1, 0.15) is 5.78 Å². The summed E-state index contributed by atoms with van der Waals surface area (Å²) in [7, 11) is 1.33. The molecule has 0 heterocycles. The van der Waals surface area contributed by atoms with Gasteiger partial charge in [-0.05, 0) is 12.8 Å². The van der Waals surface area contributed by atoms with Gasteiger partial charge in [0.15, 0.2) is 0 Å². The fourth-order valence-corrected chi connectivity index (χ4v) is 1.99. The van der Waals surface area contributed by atoms with Gasteiger partial charge < -0.3 is 10.1 Å². The first kappa shape index (κ1) is 11.0. The summed E-state index contributed by atoms with van der Waals surface area (Å²) in [5, 5.41) is 2.71. The molecule has 1 rings (SSSR count). The zero-order valence-corrected chi connectivity index (χ0v) is 8.71. The summed E-state index contributed by atoms with van der Waals surface area (Å²) in [6.45, 7) is 1.86. The van der Waals surface area contributed by atoms with Crippen LogP contribution < -0.4 is 5.32 Å². The van der Waals surface area contributed by atoms with E-state index in [1.54, 1.807) is 0 Å². The third kappa shape index (κ3) is 2.47. The van der Waals surface area contributed by atoms with E-state index in [1.165, 1.54) is 7.11 Å². The van der Waals surface area contributed by atoms with Gasteiger partial charge >= 0.3 is 6.09 Å². The molecule has 0 aromatic rings. The summed E-state index contributed by atoms with van der Waals surface area (Å²) in [4.78, 5) is 22.5. The molecule has 1 amide bonds. The predicted octanol–water partition coefficient (Wildman–Crippen LogP) is 1.49. The average molecular weight is 199 g/mol. The van der Waals surface area contributed by atoms with Crippen LogP contribution in [-0.2, 0) is 9.53 Å². The second-order valence-corrected chi connectivity index (χ2v) is 3.60. The Labute approximate surface area is 84.0 Å². The van der Waals surface area contributed by atoms with Gasteiger partial charge in [0.05, 0.1) is 7.11 Å².